The van der Waals surface area contributed by atoms with Gasteiger partial charge in [0.1, 0.15) is 18.4 Å². The van der Waals surface area contributed by atoms with Crippen molar-refractivity contribution < 1.29 is 22.4 Å². The molecule has 186 valence electrons. The Morgan fingerprint density at radius 3 is 2.35 bits per heavy atom. The van der Waals surface area contributed by atoms with Gasteiger partial charge in [-0.15, -0.1) is 0 Å². The average molecular weight is 532 g/mol. The number of rotatable bonds is 11. The van der Waals surface area contributed by atoms with Gasteiger partial charge in [-0.25, -0.2) is 12.8 Å². The van der Waals surface area contributed by atoms with Crippen molar-refractivity contribution in [2.24, 2.45) is 0 Å². The van der Waals surface area contributed by atoms with E-state index >= 15 is 0 Å². The number of nitrogens with zero attached hydrogens (tertiary/aromatic N) is 2. The maximum atomic E-state index is 14.4. The number of carbonyl (C=O) groups is 2. The molecular formula is C23H28Cl2FN3O4S. The quantitative estimate of drug-likeness (QED) is 0.469. The molecule has 0 bridgehead atoms. The Hall–Kier alpha value is -2.36. The lowest BCUT2D eigenvalue weighted by molar-refractivity contribution is -0.140. The summed E-state index contributed by atoms with van der Waals surface area (Å²) in [4.78, 5) is 27.6. The fourth-order valence-electron chi connectivity index (χ4n) is 3.37. The van der Waals surface area contributed by atoms with Crippen LogP contribution in [-0.4, -0.2) is 50.5 Å². The first-order chi connectivity index (χ1) is 16.0. The Bertz CT molecular complexity index is 1130. The van der Waals surface area contributed by atoms with Crippen LogP contribution in [0.3, 0.4) is 0 Å². The van der Waals surface area contributed by atoms with Gasteiger partial charge in [0.2, 0.25) is 21.8 Å². The van der Waals surface area contributed by atoms with Crippen LogP contribution in [0.1, 0.15) is 32.3 Å². The highest BCUT2D eigenvalue weighted by Crippen LogP contribution is 2.25. The largest absolute Gasteiger partial charge is 0.354 e. The van der Waals surface area contributed by atoms with Crippen LogP contribution in [0.15, 0.2) is 42.5 Å². The van der Waals surface area contributed by atoms with E-state index in [4.69, 9.17) is 23.2 Å². The van der Waals surface area contributed by atoms with E-state index in [0.717, 1.165) is 12.3 Å². The zero-order valence-corrected chi connectivity index (χ0v) is 21.6. The van der Waals surface area contributed by atoms with Crippen molar-refractivity contribution in [3.8, 4) is 0 Å². The summed E-state index contributed by atoms with van der Waals surface area (Å²) in [6, 6.07) is 9.12. The van der Waals surface area contributed by atoms with Crippen LogP contribution in [0.4, 0.5) is 10.1 Å². The van der Waals surface area contributed by atoms with Gasteiger partial charge in [-0.05, 0) is 42.7 Å². The van der Waals surface area contributed by atoms with Gasteiger partial charge >= 0.3 is 0 Å². The Kier molecular flexibility index (Phi) is 10.1. The minimum absolute atomic E-state index is 0.0677. The van der Waals surface area contributed by atoms with E-state index in [1.54, 1.807) is 19.1 Å². The number of benzene rings is 2. The summed E-state index contributed by atoms with van der Waals surface area (Å²) in [6.45, 7) is 3.30. The highest BCUT2D eigenvalue weighted by Gasteiger charge is 2.32. The Morgan fingerprint density at radius 1 is 1.12 bits per heavy atom. The summed E-state index contributed by atoms with van der Waals surface area (Å²) in [5, 5.41) is 3.47. The van der Waals surface area contributed by atoms with E-state index in [0.29, 0.717) is 32.9 Å². The molecule has 34 heavy (non-hydrogen) atoms. The molecule has 11 heteroatoms. The molecule has 0 heterocycles. The normalized spacial score (nSPS) is 12.2. The molecule has 2 rings (SSSR count). The van der Waals surface area contributed by atoms with Crippen LogP contribution in [-0.2, 0) is 26.2 Å². The lowest BCUT2D eigenvalue weighted by Gasteiger charge is -2.33. The zero-order chi connectivity index (χ0) is 25.5. The molecule has 0 aliphatic carbocycles. The molecule has 0 aliphatic rings. The van der Waals surface area contributed by atoms with Gasteiger partial charge in [0.05, 0.1) is 11.9 Å². The third kappa shape index (κ3) is 7.32. The molecule has 1 atom stereocenters. The number of nitrogens with one attached hydrogen (secondary N) is 1. The minimum Gasteiger partial charge on any atom is -0.354 e. The minimum atomic E-state index is -4.02. The zero-order valence-electron chi connectivity index (χ0n) is 19.2. The number of amides is 2. The summed E-state index contributed by atoms with van der Waals surface area (Å²) in [5.74, 6) is -1.85. The van der Waals surface area contributed by atoms with Crippen LogP contribution >= 0.6 is 23.2 Å². The topological polar surface area (TPSA) is 86.8 Å². The molecule has 0 unspecified atom stereocenters. The first-order valence-corrected chi connectivity index (χ1v) is 13.3. The summed E-state index contributed by atoms with van der Waals surface area (Å²) in [7, 11) is -4.02. The van der Waals surface area contributed by atoms with Crippen molar-refractivity contribution in [3.05, 3.63) is 63.9 Å². The van der Waals surface area contributed by atoms with Gasteiger partial charge in [-0.1, -0.05) is 55.2 Å². The van der Waals surface area contributed by atoms with Gasteiger partial charge in [0, 0.05) is 23.1 Å². The van der Waals surface area contributed by atoms with E-state index in [1.165, 1.54) is 29.2 Å². The maximum absolute atomic E-state index is 14.4. The molecule has 7 nitrogen and oxygen atoms in total. The second-order valence-electron chi connectivity index (χ2n) is 7.69. The molecule has 0 saturated heterocycles. The standard InChI is InChI=1S/C23H28Cl2FN3O4S/c1-4-12-27-23(31)20(5-2)28(14-16-10-11-17(24)13-18(16)25)22(30)15-29(34(3,32)33)21-9-7-6-8-19(21)26/h6-11,13,20H,4-5,12,14-15H2,1-3H3,(H,27,31)/t20-/m0/s1. The number of anilines is 1. The summed E-state index contributed by atoms with van der Waals surface area (Å²) in [5.41, 5.74) is 0.268. The second-order valence-corrected chi connectivity index (χ2v) is 10.4. The average Bonchev–Trinajstić information content (AvgIpc) is 2.77. The first kappa shape index (κ1) is 27.9. The van der Waals surface area contributed by atoms with Crippen LogP contribution in [0.5, 0.6) is 0 Å². The number of sulfonamides is 1. The van der Waals surface area contributed by atoms with Crippen LogP contribution in [0.25, 0.3) is 0 Å². The summed E-state index contributed by atoms with van der Waals surface area (Å²) < 4.78 is 40.1. The number of halogens is 3. The van der Waals surface area contributed by atoms with Gasteiger partial charge < -0.3 is 10.2 Å². The maximum Gasteiger partial charge on any atom is 0.244 e. The van der Waals surface area contributed by atoms with Crippen LogP contribution in [0.2, 0.25) is 10.0 Å². The van der Waals surface area contributed by atoms with Crippen molar-refractivity contribution in [2.45, 2.75) is 39.3 Å². The van der Waals surface area contributed by atoms with E-state index in [2.05, 4.69) is 5.32 Å². The molecule has 0 fully saturated rings. The van der Waals surface area contributed by atoms with E-state index in [9.17, 15) is 22.4 Å². The second kappa shape index (κ2) is 12.4. The van der Waals surface area contributed by atoms with Crippen molar-refractivity contribution in [2.75, 3.05) is 23.7 Å². The molecular weight excluding hydrogens is 504 g/mol. The van der Waals surface area contributed by atoms with Crippen molar-refractivity contribution in [1.82, 2.24) is 10.2 Å². The molecule has 2 aromatic rings. The lowest BCUT2D eigenvalue weighted by Crippen LogP contribution is -2.52. The monoisotopic (exact) mass is 531 g/mol. The smallest absolute Gasteiger partial charge is 0.244 e. The van der Waals surface area contributed by atoms with Crippen molar-refractivity contribution >= 4 is 50.7 Å². The SMILES string of the molecule is CCCNC(=O)[C@H](CC)N(Cc1ccc(Cl)cc1Cl)C(=O)CN(c1ccccc1F)S(C)(=O)=O. The van der Waals surface area contributed by atoms with Crippen LogP contribution < -0.4 is 9.62 Å². The Balaban J connectivity index is 2.47. The third-order valence-corrected chi connectivity index (χ3v) is 6.80. The van der Waals surface area contributed by atoms with Gasteiger partial charge in [0.25, 0.3) is 0 Å². The molecule has 0 aliphatic heterocycles. The Morgan fingerprint density at radius 2 is 1.79 bits per heavy atom. The molecule has 0 saturated carbocycles. The van der Waals surface area contributed by atoms with E-state index < -0.39 is 34.3 Å². The molecule has 2 amide bonds. The van der Waals surface area contributed by atoms with Crippen molar-refractivity contribution in [3.63, 3.8) is 0 Å². The first-order valence-electron chi connectivity index (χ1n) is 10.7. The van der Waals surface area contributed by atoms with Gasteiger partial charge in [-0.2, -0.15) is 0 Å². The third-order valence-electron chi connectivity index (χ3n) is 5.09. The van der Waals surface area contributed by atoms with Gasteiger partial charge in [0.15, 0.2) is 0 Å². The molecule has 0 spiro atoms. The molecule has 2 aromatic carbocycles. The molecule has 1 N–H and O–H groups in total. The molecule has 0 aromatic heterocycles. The van der Waals surface area contributed by atoms with Crippen molar-refractivity contribution in [1.29, 1.82) is 0 Å². The number of para-hydroxylation sites is 1. The predicted octanol–water partition coefficient (Wildman–Crippen LogP) is 4.23. The Labute approximate surface area is 209 Å². The number of carbonyl (C=O) groups excluding carboxylic acids is 2. The predicted molar refractivity (Wildman–Crippen MR) is 133 cm³/mol. The summed E-state index contributed by atoms with van der Waals surface area (Å²) in [6.07, 6.45) is 1.86. The molecule has 0 radical (unpaired) electrons. The highest BCUT2D eigenvalue weighted by molar-refractivity contribution is 7.92. The van der Waals surface area contributed by atoms with E-state index in [-0.39, 0.29) is 24.6 Å². The van der Waals surface area contributed by atoms with Crippen LogP contribution in [0, 0.1) is 5.82 Å². The fraction of sp³-hybridized carbons (Fsp3) is 0.391. The highest BCUT2D eigenvalue weighted by atomic mass is 35.5. The summed E-state index contributed by atoms with van der Waals surface area (Å²) >= 11 is 12.3. The lowest BCUT2D eigenvalue weighted by atomic mass is 10.1. The number of hydrogen-bond donors (Lipinski definition) is 1. The fourth-order valence-corrected chi connectivity index (χ4v) is 4.69. The van der Waals surface area contributed by atoms with E-state index in [1.807, 2.05) is 6.92 Å². The number of hydrogen-bond acceptors (Lipinski definition) is 4. The van der Waals surface area contributed by atoms with Gasteiger partial charge in [-0.3, -0.25) is 13.9 Å².